The van der Waals surface area contributed by atoms with Gasteiger partial charge in [-0.3, -0.25) is 9.78 Å². The lowest BCUT2D eigenvalue weighted by atomic mass is 10.1. The van der Waals surface area contributed by atoms with E-state index in [-0.39, 0.29) is 5.75 Å². The van der Waals surface area contributed by atoms with Crippen LogP contribution >= 0.6 is 11.6 Å². The van der Waals surface area contributed by atoms with Gasteiger partial charge in [-0.15, -0.1) is 8.78 Å². The molecule has 0 radical (unpaired) electrons. The summed E-state index contributed by atoms with van der Waals surface area (Å²) in [5.41, 5.74) is 0.0508. The van der Waals surface area contributed by atoms with Gasteiger partial charge in [-0.05, 0) is 56.3 Å². The molecule has 0 atom stereocenters. The van der Waals surface area contributed by atoms with Crippen LogP contribution in [-0.4, -0.2) is 31.2 Å². The molecule has 1 amide bonds. The van der Waals surface area contributed by atoms with E-state index in [1.54, 1.807) is 29.2 Å². The molecule has 7 nitrogen and oxygen atoms in total. The summed E-state index contributed by atoms with van der Waals surface area (Å²) in [5.74, 6) is 0.000299. The number of carbonyl (C=O) groups is 1. The average molecular weight is 470 g/mol. The molecule has 0 fully saturated rings. The number of nitrogens with zero attached hydrogens (tertiary/aromatic N) is 4. The van der Waals surface area contributed by atoms with Crippen molar-refractivity contribution < 1.29 is 18.3 Å². The smallest absolute Gasteiger partial charge is 0.420 e. The fourth-order valence-electron chi connectivity index (χ4n) is 3.27. The molecule has 0 unspecified atom stereocenters. The Morgan fingerprint density at radius 3 is 2.48 bits per heavy atom. The summed E-state index contributed by atoms with van der Waals surface area (Å²) in [6.07, 6.45) is 4.79. The fourth-order valence-corrected chi connectivity index (χ4v) is 3.36. The molecule has 3 heterocycles. The molecule has 1 aromatic carbocycles. The Balaban J connectivity index is 1.64. The van der Waals surface area contributed by atoms with Crippen molar-refractivity contribution in [3.05, 3.63) is 84.1 Å². The van der Waals surface area contributed by atoms with Crippen LogP contribution < -0.4 is 10.1 Å². The highest BCUT2D eigenvalue weighted by Crippen LogP contribution is 2.28. The lowest BCUT2D eigenvalue weighted by Gasteiger charge is -2.13. The van der Waals surface area contributed by atoms with Crippen LogP contribution in [0.5, 0.6) is 5.75 Å². The van der Waals surface area contributed by atoms with Crippen LogP contribution in [0.3, 0.4) is 0 Å². The summed E-state index contributed by atoms with van der Waals surface area (Å²) in [7, 11) is 0. The van der Waals surface area contributed by atoms with Gasteiger partial charge in [0, 0.05) is 52.7 Å². The van der Waals surface area contributed by atoms with Gasteiger partial charge in [-0.1, -0.05) is 6.07 Å². The van der Waals surface area contributed by atoms with Gasteiger partial charge in [0.25, 0.3) is 5.91 Å². The average Bonchev–Trinajstić information content (AvgIpc) is 3.12. The van der Waals surface area contributed by atoms with Gasteiger partial charge in [0.2, 0.25) is 0 Å². The van der Waals surface area contributed by atoms with Crippen LogP contribution in [-0.2, 0) is 0 Å². The predicted molar refractivity (Wildman–Crippen MR) is 120 cm³/mol. The highest BCUT2D eigenvalue weighted by molar-refractivity contribution is 6.20. The largest absolute Gasteiger partial charge is 0.487 e. The van der Waals surface area contributed by atoms with Crippen molar-refractivity contribution in [2.75, 3.05) is 5.32 Å². The van der Waals surface area contributed by atoms with E-state index in [1.165, 1.54) is 30.5 Å². The van der Waals surface area contributed by atoms with Gasteiger partial charge in [0.1, 0.15) is 5.75 Å². The molecule has 0 saturated carbocycles. The molecule has 0 aliphatic carbocycles. The quantitative estimate of drug-likeness (QED) is 0.384. The summed E-state index contributed by atoms with van der Waals surface area (Å²) in [5, 5.41) is 7.21. The summed E-state index contributed by atoms with van der Waals surface area (Å²) >= 11 is 4.76. The highest BCUT2D eigenvalue weighted by Gasteiger charge is 2.27. The van der Waals surface area contributed by atoms with Gasteiger partial charge in [-0.2, -0.15) is 5.10 Å². The second-order valence-corrected chi connectivity index (χ2v) is 7.64. The van der Waals surface area contributed by atoms with Gasteiger partial charge in [-0.25, -0.2) is 9.67 Å². The first-order chi connectivity index (χ1) is 15.7. The van der Waals surface area contributed by atoms with Gasteiger partial charge in [0.15, 0.2) is 5.82 Å². The number of aromatic nitrogens is 4. The van der Waals surface area contributed by atoms with Crippen molar-refractivity contribution in [1.29, 1.82) is 0 Å². The van der Waals surface area contributed by atoms with Gasteiger partial charge in [0.05, 0.1) is 11.3 Å². The summed E-state index contributed by atoms with van der Waals surface area (Å²) in [6, 6.07) is 12.7. The minimum atomic E-state index is -3.81. The number of halogens is 3. The van der Waals surface area contributed by atoms with E-state index < -0.39 is 11.5 Å². The molecule has 3 aromatic heterocycles. The van der Waals surface area contributed by atoms with E-state index in [0.717, 1.165) is 17.0 Å². The molecule has 0 aliphatic rings. The molecular formula is C23H18ClF2N5O2. The first-order valence-corrected chi connectivity index (χ1v) is 10.2. The van der Waals surface area contributed by atoms with E-state index >= 15 is 0 Å². The van der Waals surface area contributed by atoms with Crippen molar-refractivity contribution in [2.24, 2.45) is 0 Å². The van der Waals surface area contributed by atoms with Crippen molar-refractivity contribution in [3.63, 3.8) is 0 Å². The second-order valence-electron chi connectivity index (χ2n) is 7.20. The SMILES string of the molecule is Cc1cc(C)n(-c2ncc(C(=O)Nc3ccc(OC(F)(F)Cl)cc3)cc2-c2cccnc2)n1. The topological polar surface area (TPSA) is 81.9 Å². The Morgan fingerprint density at radius 1 is 1.12 bits per heavy atom. The lowest BCUT2D eigenvalue weighted by molar-refractivity contribution is -0.0964. The third-order valence-corrected chi connectivity index (χ3v) is 4.73. The molecule has 0 aliphatic heterocycles. The Morgan fingerprint density at radius 2 is 1.88 bits per heavy atom. The standard InChI is InChI=1S/C23H18ClF2N5O2/c1-14-10-15(2)31(30-14)21-20(16-4-3-9-27-12-16)11-17(13-28-21)22(32)29-18-5-7-19(8-6-18)33-23(24,25)26/h3-13H,1-2H3,(H,29,32). The van der Waals surface area contributed by atoms with Crippen LogP contribution in [0.2, 0.25) is 0 Å². The van der Waals surface area contributed by atoms with Gasteiger partial charge >= 0.3 is 5.57 Å². The van der Waals surface area contributed by atoms with E-state index in [9.17, 15) is 13.6 Å². The first kappa shape index (κ1) is 22.3. The second kappa shape index (κ2) is 8.95. The molecule has 168 valence electrons. The molecular weight excluding hydrogens is 452 g/mol. The number of pyridine rings is 2. The van der Waals surface area contributed by atoms with Crippen molar-refractivity contribution in [1.82, 2.24) is 19.7 Å². The van der Waals surface area contributed by atoms with Crippen molar-refractivity contribution in [3.8, 4) is 22.7 Å². The fraction of sp³-hybridized carbons (Fsp3) is 0.130. The summed E-state index contributed by atoms with van der Waals surface area (Å²) < 4.78 is 31.5. The number of rotatable bonds is 6. The number of benzene rings is 1. The number of aryl methyl sites for hydroxylation is 2. The number of amides is 1. The maximum Gasteiger partial charge on any atom is 0.487 e. The third kappa shape index (κ3) is 5.32. The van der Waals surface area contributed by atoms with E-state index in [0.29, 0.717) is 22.6 Å². The molecule has 1 N–H and O–H groups in total. The van der Waals surface area contributed by atoms with Crippen LogP contribution in [0.4, 0.5) is 14.5 Å². The zero-order chi connectivity index (χ0) is 23.6. The maximum atomic E-state index is 12.9. The van der Waals surface area contributed by atoms with E-state index in [1.807, 2.05) is 26.0 Å². The highest BCUT2D eigenvalue weighted by atomic mass is 35.5. The molecule has 33 heavy (non-hydrogen) atoms. The lowest BCUT2D eigenvalue weighted by Crippen LogP contribution is -2.16. The molecule has 0 saturated heterocycles. The van der Waals surface area contributed by atoms with E-state index in [4.69, 9.17) is 11.6 Å². The molecule has 10 heteroatoms. The maximum absolute atomic E-state index is 12.9. The van der Waals surface area contributed by atoms with Gasteiger partial charge < -0.3 is 10.1 Å². The molecule has 0 spiro atoms. The number of anilines is 1. The molecule has 4 aromatic rings. The predicted octanol–water partition coefficient (Wildman–Crippen LogP) is 5.37. The van der Waals surface area contributed by atoms with Crippen LogP contribution in [0.1, 0.15) is 21.7 Å². The number of hydrogen-bond donors (Lipinski definition) is 1. The van der Waals surface area contributed by atoms with Crippen LogP contribution in [0, 0.1) is 13.8 Å². The monoisotopic (exact) mass is 469 g/mol. The number of hydrogen-bond acceptors (Lipinski definition) is 5. The summed E-state index contributed by atoms with van der Waals surface area (Å²) in [4.78, 5) is 21.5. The number of nitrogens with one attached hydrogen (secondary N) is 1. The minimum absolute atomic E-state index is 0.136. The Hall–Kier alpha value is -3.85. The minimum Gasteiger partial charge on any atom is -0.420 e. The normalized spacial score (nSPS) is 11.3. The molecule has 4 rings (SSSR count). The third-order valence-electron chi connectivity index (χ3n) is 4.66. The van der Waals surface area contributed by atoms with Crippen LogP contribution in [0.25, 0.3) is 16.9 Å². The molecule has 0 bridgehead atoms. The van der Waals surface area contributed by atoms with Crippen molar-refractivity contribution >= 4 is 23.2 Å². The number of carbonyl (C=O) groups excluding carboxylic acids is 1. The first-order valence-electron chi connectivity index (χ1n) is 9.81. The zero-order valence-electron chi connectivity index (χ0n) is 17.6. The Kier molecular flexibility index (Phi) is 6.06. The van der Waals surface area contributed by atoms with Crippen molar-refractivity contribution in [2.45, 2.75) is 19.4 Å². The van der Waals surface area contributed by atoms with Crippen LogP contribution in [0.15, 0.2) is 67.1 Å². The Bertz CT molecular complexity index is 1290. The zero-order valence-corrected chi connectivity index (χ0v) is 18.3. The summed E-state index contributed by atoms with van der Waals surface area (Å²) in [6.45, 7) is 3.81. The Labute approximate surface area is 193 Å². The number of ether oxygens (including phenoxy) is 1. The number of alkyl halides is 3. The van der Waals surface area contributed by atoms with E-state index in [2.05, 4.69) is 25.1 Å².